The maximum atomic E-state index is 12.1. The van der Waals surface area contributed by atoms with Gasteiger partial charge in [-0.1, -0.05) is 30.3 Å². The van der Waals surface area contributed by atoms with E-state index in [1.165, 1.54) is 0 Å². The molecule has 0 spiro atoms. The molecule has 0 bridgehead atoms. The van der Waals surface area contributed by atoms with Crippen LogP contribution in [0, 0.1) is 13.8 Å². The lowest BCUT2D eigenvalue weighted by Crippen LogP contribution is -2.33. The first-order valence-electron chi connectivity index (χ1n) is 6.01. The molecule has 0 aliphatic heterocycles. The lowest BCUT2D eigenvalue weighted by Gasteiger charge is -2.13. The van der Waals surface area contributed by atoms with Crippen LogP contribution in [0.15, 0.2) is 34.7 Å². The van der Waals surface area contributed by atoms with Crippen molar-refractivity contribution in [2.75, 3.05) is 0 Å². The third-order valence-electron chi connectivity index (χ3n) is 2.77. The van der Waals surface area contributed by atoms with Crippen LogP contribution in [0.25, 0.3) is 0 Å². The van der Waals surface area contributed by atoms with Crippen LogP contribution in [0.1, 0.15) is 33.7 Å². The largest absolute Gasteiger partial charge is 0.479 e. The van der Waals surface area contributed by atoms with Gasteiger partial charge in [-0.3, -0.25) is 4.79 Å². The van der Waals surface area contributed by atoms with E-state index in [4.69, 9.17) is 4.42 Å². The van der Waals surface area contributed by atoms with Gasteiger partial charge in [0.1, 0.15) is 0 Å². The Morgan fingerprint density at radius 2 is 1.90 bits per heavy atom. The average Bonchev–Trinajstić information content (AvgIpc) is 2.75. The van der Waals surface area contributed by atoms with E-state index in [1.807, 2.05) is 0 Å². The number of aromatic nitrogens is 1. The predicted molar refractivity (Wildman–Crippen MR) is 70.3 cm³/mol. The summed E-state index contributed by atoms with van der Waals surface area (Å²) in [5.41, 5.74) is 0.916. The zero-order valence-electron chi connectivity index (χ0n) is 11.1. The SMILES string of the molecule is Cc1nc(C)c(C(=O)N[C@H](C(=O)O)c2ccccc2)o1. The van der Waals surface area contributed by atoms with Gasteiger partial charge in [-0.2, -0.15) is 0 Å². The van der Waals surface area contributed by atoms with Crippen LogP contribution in [0.5, 0.6) is 0 Å². The van der Waals surface area contributed by atoms with E-state index in [0.29, 0.717) is 17.1 Å². The van der Waals surface area contributed by atoms with Crippen molar-refractivity contribution in [3.63, 3.8) is 0 Å². The molecule has 1 atom stereocenters. The molecule has 2 aromatic rings. The Hall–Kier alpha value is -2.63. The van der Waals surface area contributed by atoms with E-state index in [9.17, 15) is 14.7 Å². The van der Waals surface area contributed by atoms with Crippen molar-refractivity contribution in [3.8, 4) is 0 Å². The van der Waals surface area contributed by atoms with Gasteiger partial charge in [0.2, 0.25) is 5.76 Å². The third-order valence-corrected chi connectivity index (χ3v) is 2.77. The van der Waals surface area contributed by atoms with Gasteiger partial charge in [-0.15, -0.1) is 0 Å². The second-order valence-electron chi connectivity index (χ2n) is 4.30. The number of hydrogen-bond donors (Lipinski definition) is 2. The Bertz CT molecular complexity index is 634. The van der Waals surface area contributed by atoms with E-state index in [2.05, 4.69) is 10.3 Å². The van der Waals surface area contributed by atoms with Crippen LogP contribution < -0.4 is 5.32 Å². The summed E-state index contributed by atoms with van der Waals surface area (Å²) in [5.74, 6) is -1.35. The Kier molecular flexibility index (Phi) is 3.84. The molecular weight excluding hydrogens is 260 g/mol. The van der Waals surface area contributed by atoms with Gasteiger partial charge in [0.05, 0.1) is 5.69 Å². The average molecular weight is 274 g/mol. The second-order valence-corrected chi connectivity index (χ2v) is 4.30. The highest BCUT2D eigenvalue weighted by Gasteiger charge is 2.25. The van der Waals surface area contributed by atoms with E-state index in [0.717, 1.165) is 0 Å². The number of aryl methyl sites for hydroxylation is 2. The molecule has 1 aromatic carbocycles. The minimum Gasteiger partial charge on any atom is -0.479 e. The molecule has 0 saturated carbocycles. The summed E-state index contributed by atoms with van der Waals surface area (Å²) in [7, 11) is 0. The summed E-state index contributed by atoms with van der Waals surface area (Å²) >= 11 is 0. The standard InChI is InChI=1S/C14H14N2O4/c1-8-12(20-9(2)15-8)13(17)16-11(14(18)19)10-6-4-3-5-7-10/h3-7,11H,1-2H3,(H,16,17)(H,18,19)/t11-/m0/s1. The van der Waals surface area contributed by atoms with Gasteiger partial charge >= 0.3 is 5.97 Å². The highest BCUT2D eigenvalue weighted by Crippen LogP contribution is 2.15. The molecule has 2 N–H and O–H groups in total. The summed E-state index contributed by atoms with van der Waals surface area (Å²) in [6, 6.07) is 7.33. The van der Waals surface area contributed by atoms with Gasteiger partial charge in [-0.25, -0.2) is 9.78 Å². The summed E-state index contributed by atoms with van der Waals surface area (Å²) in [5, 5.41) is 11.7. The first-order chi connectivity index (χ1) is 9.49. The Labute approximate surface area is 115 Å². The Morgan fingerprint density at radius 1 is 1.25 bits per heavy atom. The molecule has 20 heavy (non-hydrogen) atoms. The molecule has 6 nitrogen and oxygen atoms in total. The number of rotatable bonds is 4. The molecule has 2 rings (SSSR count). The van der Waals surface area contributed by atoms with Gasteiger partial charge in [0.25, 0.3) is 5.91 Å². The first-order valence-corrected chi connectivity index (χ1v) is 6.01. The fourth-order valence-corrected chi connectivity index (χ4v) is 1.87. The minimum atomic E-state index is -1.14. The fourth-order valence-electron chi connectivity index (χ4n) is 1.87. The fraction of sp³-hybridized carbons (Fsp3) is 0.214. The lowest BCUT2D eigenvalue weighted by atomic mass is 10.1. The minimum absolute atomic E-state index is 0.0321. The van der Waals surface area contributed by atoms with Crippen molar-refractivity contribution in [2.45, 2.75) is 19.9 Å². The molecule has 0 radical (unpaired) electrons. The third kappa shape index (κ3) is 2.85. The number of nitrogens with one attached hydrogen (secondary N) is 1. The van der Waals surface area contributed by atoms with Crippen molar-refractivity contribution in [2.24, 2.45) is 0 Å². The number of aliphatic carboxylic acids is 1. The zero-order chi connectivity index (χ0) is 14.7. The highest BCUT2D eigenvalue weighted by atomic mass is 16.4. The number of carbonyl (C=O) groups is 2. The van der Waals surface area contributed by atoms with Crippen LogP contribution in [0.4, 0.5) is 0 Å². The van der Waals surface area contributed by atoms with Crippen molar-refractivity contribution in [1.82, 2.24) is 10.3 Å². The monoisotopic (exact) mass is 274 g/mol. The number of oxazole rings is 1. The molecule has 0 unspecified atom stereocenters. The Balaban J connectivity index is 2.23. The molecular formula is C14H14N2O4. The zero-order valence-corrected chi connectivity index (χ0v) is 11.1. The summed E-state index contributed by atoms with van der Waals surface area (Å²) in [4.78, 5) is 27.3. The van der Waals surface area contributed by atoms with Crippen LogP contribution in [-0.4, -0.2) is 22.0 Å². The van der Waals surface area contributed by atoms with E-state index in [1.54, 1.807) is 44.2 Å². The van der Waals surface area contributed by atoms with Crippen molar-refractivity contribution in [1.29, 1.82) is 0 Å². The predicted octanol–water partition coefficient (Wildman–Crippen LogP) is 1.85. The molecule has 0 fully saturated rings. The highest BCUT2D eigenvalue weighted by molar-refractivity contribution is 5.95. The van der Waals surface area contributed by atoms with Gasteiger partial charge in [-0.05, 0) is 12.5 Å². The molecule has 0 aliphatic carbocycles. The molecule has 104 valence electrons. The van der Waals surface area contributed by atoms with Crippen molar-refractivity contribution >= 4 is 11.9 Å². The first kappa shape index (κ1) is 13.8. The summed E-state index contributed by atoms with van der Waals surface area (Å²) in [6.07, 6.45) is 0. The summed E-state index contributed by atoms with van der Waals surface area (Å²) < 4.78 is 5.18. The number of benzene rings is 1. The molecule has 6 heteroatoms. The molecule has 1 heterocycles. The van der Waals surface area contributed by atoms with Crippen LogP contribution in [0.3, 0.4) is 0 Å². The van der Waals surface area contributed by atoms with Crippen LogP contribution in [-0.2, 0) is 4.79 Å². The lowest BCUT2D eigenvalue weighted by molar-refractivity contribution is -0.139. The Morgan fingerprint density at radius 3 is 2.40 bits per heavy atom. The summed E-state index contributed by atoms with van der Waals surface area (Å²) in [6.45, 7) is 3.25. The van der Waals surface area contributed by atoms with Gasteiger partial charge in [0.15, 0.2) is 11.9 Å². The topological polar surface area (TPSA) is 92.4 Å². The molecule has 1 amide bonds. The van der Waals surface area contributed by atoms with Crippen molar-refractivity contribution in [3.05, 3.63) is 53.2 Å². The number of carbonyl (C=O) groups excluding carboxylic acids is 1. The normalized spacial score (nSPS) is 11.9. The van der Waals surface area contributed by atoms with Gasteiger partial charge < -0.3 is 14.8 Å². The van der Waals surface area contributed by atoms with Crippen LogP contribution in [0.2, 0.25) is 0 Å². The molecule has 0 saturated heterocycles. The van der Waals surface area contributed by atoms with Crippen molar-refractivity contribution < 1.29 is 19.1 Å². The van der Waals surface area contributed by atoms with E-state index < -0.39 is 17.9 Å². The molecule has 0 aliphatic rings. The van der Waals surface area contributed by atoms with Gasteiger partial charge in [0, 0.05) is 6.92 Å². The number of nitrogens with zero attached hydrogens (tertiary/aromatic N) is 1. The van der Waals surface area contributed by atoms with Crippen LogP contribution >= 0.6 is 0 Å². The number of amides is 1. The smallest absolute Gasteiger partial charge is 0.330 e. The van der Waals surface area contributed by atoms with E-state index >= 15 is 0 Å². The second kappa shape index (κ2) is 5.56. The molecule has 1 aromatic heterocycles. The number of carboxylic acid groups (broad SMARTS) is 1. The maximum absolute atomic E-state index is 12.1. The number of hydrogen-bond acceptors (Lipinski definition) is 4. The quantitative estimate of drug-likeness (QED) is 0.887. The maximum Gasteiger partial charge on any atom is 0.330 e. The number of carboxylic acids is 1. The van der Waals surface area contributed by atoms with E-state index in [-0.39, 0.29) is 5.76 Å².